The van der Waals surface area contributed by atoms with Crippen molar-refractivity contribution in [3.05, 3.63) is 18.0 Å². The molecular weight excluding hydrogens is 194 g/mol. The van der Waals surface area contributed by atoms with E-state index in [9.17, 15) is 4.79 Å². The molecular formula is C10H15N3O2. The van der Waals surface area contributed by atoms with Gasteiger partial charge in [-0.2, -0.15) is 5.10 Å². The quantitative estimate of drug-likeness (QED) is 0.729. The minimum atomic E-state index is -0.148. The Morgan fingerprint density at radius 2 is 2.53 bits per heavy atom. The number of ketones is 1. The minimum absolute atomic E-state index is 0.144. The van der Waals surface area contributed by atoms with E-state index in [1.807, 2.05) is 13.2 Å². The monoisotopic (exact) mass is 209 g/mol. The lowest BCUT2D eigenvalue weighted by Gasteiger charge is -2.10. The number of carbonyl (C=O) groups is 1. The van der Waals surface area contributed by atoms with Crippen molar-refractivity contribution < 1.29 is 9.53 Å². The van der Waals surface area contributed by atoms with Crippen LogP contribution in [0, 0.1) is 5.92 Å². The van der Waals surface area contributed by atoms with Crippen LogP contribution >= 0.6 is 0 Å². The van der Waals surface area contributed by atoms with Crippen LogP contribution in [0.25, 0.3) is 0 Å². The molecule has 0 amide bonds. The summed E-state index contributed by atoms with van der Waals surface area (Å²) in [6.45, 7) is 0.948. The Bertz CT molecular complexity index is 361. The molecule has 1 aromatic rings. The molecule has 0 saturated carbocycles. The number of rotatable bonds is 3. The van der Waals surface area contributed by atoms with E-state index in [0.29, 0.717) is 19.6 Å². The van der Waals surface area contributed by atoms with E-state index >= 15 is 0 Å². The smallest absolute Gasteiger partial charge is 0.144 e. The van der Waals surface area contributed by atoms with Crippen LogP contribution in [0.5, 0.6) is 0 Å². The molecule has 2 N–H and O–H groups in total. The molecule has 0 aliphatic carbocycles. The zero-order chi connectivity index (χ0) is 10.8. The highest BCUT2D eigenvalue weighted by Crippen LogP contribution is 2.15. The van der Waals surface area contributed by atoms with Gasteiger partial charge in [0.15, 0.2) is 0 Å². The molecule has 1 aliphatic rings. The molecule has 0 aromatic carbocycles. The Morgan fingerprint density at radius 3 is 3.07 bits per heavy atom. The molecule has 0 bridgehead atoms. The summed E-state index contributed by atoms with van der Waals surface area (Å²) in [5.41, 5.74) is 6.70. The Hall–Kier alpha value is -1.20. The topological polar surface area (TPSA) is 70.1 Å². The van der Waals surface area contributed by atoms with E-state index in [-0.39, 0.29) is 17.7 Å². The second kappa shape index (κ2) is 4.12. The zero-order valence-electron chi connectivity index (χ0n) is 8.72. The molecule has 0 spiro atoms. The molecule has 2 heterocycles. The number of hydrogen-bond acceptors (Lipinski definition) is 4. The van der Waals surface area contributed by atoms with Crippen LogP contribution in [-0.4, -0.2) is 34.8 Å². The average Bonchev–Trinajstić information content (AvgIpc) is 2.75. The van der Waals surface area contributed by atoms with Crippen molar-refractivity contribution >= 4 is 5.78 Å². The first-order chi connectivity index (χ1) is 7.16. The molecule has 2 unspecified atom stereocenters. The lowest BCUT2D eigenvalue weighted by atomic mass is 9.95. The van der Waals surface area contributed by atoms with Crippen LogP contribution in [0.1, 0.15) is 5.56 Å². The Kier molecular flexibility index (Phi) is 2.83. The van der Waals surface area contributed by atoms with E-state index in [0.717, 1.165) is 5.56 Å². The van der Waals surface area contributed by atoms with Gasteiger partial charge in [0.25, 0.3) is 0 Å². The molecule has 1 saturated heterocycles. The lowest BCUT2D eigenvalue weighted by Crippen LogP contribution is -2.34. The first-order valence-electron chi connectivity index (χ1n) is 5.00. The van der Waals surface area contributed by atoms with Gasteiger partial charge in [-0.25, -0.2) is 0 Å². The highest BCUT2D eigenvalue weighted by molar-refractivity contribution is 5.84. The van der Waals surface area contributed by atoms with Gasteiger partial charge in [0.2, 0.25) is 0 Å². The fraction of sp³-hybridized carbons (Fsp3) is 0.600. The van der Waals surface area contributed by atoms with Gasteiger partial charge >= 0.3 is 0 Å². The molecule has 1 aliphatic heterocycles. The molecule has 82 valence electrons. The van der Waals surface area contributed by atoms with E-state index in [1.54, 1.807) is 10.9 Å². The van der Waals surface area contributed by atoms with Crippen molar-refractivity contribution in [1.82, 2.24) is 9.78 Å². The molecule has 2 rings (SSSR count). The van der Waals surface area contributed by atoms with Crippen molar-refractivity contribution in [2.75, 3.05) is 13.2 Å². The number of nitrogens with zero attached hydrogens (tertiary/aromatic N) is 2. The molecule has 2 atom stereocenters. The second-order valence-electron chi connectivity index (χ2n) is 3.97. The van der Waals surface area contributed by atoms with Crippen molar-refractivity contribution in [2.24, 2.45) is 18.7 Å². The maximum absolute atomic E-state index is 11.8. The largest absolute Gasteiger partial charge is 0.379 e. The number of hydrogen-bond donors (Lipinski definition) is 1. The molecule has 0 radical (unpaired) electrons. The predicted molar refractivity (Wildman–Crippen MR) is 54.2 cm³/mol. The van der Waals surface area contributed by atoms with Gasteiger partial charge < -0.3 is 10.5 Å². The highest BCUT2D eigenvalue weighted by Gasteiger charge is 2.30. The van der Waals surface area contributed by atoms with Gasteiger partial charge in [0, 0.05) is 25.7 Å². The predicted octanol–water partition coefficient (Wildman–Crippen LogP) is -0.495. The molecule has 15 heavy (non-hydrogen) atoms. The third-order valence-electron chi connectivity index (χ3n) is 2.67. The van der Waals surface area contributed by atoms with Crippen LogP contribution in [0.4, 0.5) is 0 Å². The number of nitrogens with two attached hydrogens (primary N) is 1. The van der Waals surface area contributed by atoms with Gasteiger partial charge in [-0.3, -0.25) is 9.48 Å². The second-order valence-corrected chi connectivity index (χ2v) is 3.97. The number of carbonyl (C=O) groups excluding carboxylic acids is 1. The Labute approximate surface area is 88.2 Å². The summed E-state index contributed by atoms with van der Waals surface area (Å²) in [5, 5.41) is 4.02. The average molecular weight is 209 g/mol. The number of aromatic nitrogens is 2. The van der Waals surface area contributed by atoms with Gasteiger partial charge in [-0.1, -0.05) is 0 Å². The highest BCUT2D eigenvalue weighted by atomic mass is 16.5. The Morgan fingerprint density at radius 1 is 1.73 bits per heavy atom. The van der Waals surface area contributed by atoms with Gasteiger partial charge in [0.1, 0.15) is 5.78 Å². The third-order valence-corrected chi connectivity index (χ3v) is 2.67. The molecule has 1 fully saturated rings. The van der Waals surface area contributed by atoms with Crippen molar-refractivity contribution in [3.8, 4) is 0 Å². The third kappa shape index (κ3) is 2.24. The summed E-state index contributed by atoms with van der Waals surface area (Å²) >= 11 is 0. The normalized spacial score (nSPS) is 25.7. The number of ether oxygens (including phenoxy) is 1. The SMILES string of the molecule is Cn1cc(CC(=O)C2COCC2N)cn1. The summed E-state index contributed by atoms with van der Waals surface area (Å²) in [4.78, 5) is 11.8. The Balaban J connectivity index is 1.97. The van der Waals surface area contributed by atoms with Crippen molar-refractivity contribution in [1.29, 1.82) is 0 Å². The summed E-state index contributed by atoms with van der Waals surface area (Å²) in [6, 6.07) is -0.144. The van der Waals surface area contributed by atoms with Crippen LogP contribution < -0.4 is 5.73 Å². The van der Waals surface area contributed by atoms with Gasteiger partial charge in [-0.15, -0.1) is 0 Å². The first-order valence-corrected chi connectivity index (χ1v) is 5.00. The van der Waals surface area contributed by atoms with Crippen LogP contribution in [0.15, 0.2) is 12.4 Å². The molecule has 5 nitrogen and oxygen atoms in total. The van der Waals surface area contributed by atoms with Gasteiger partial charge in [0.05, 0.1) is 25.3 Å². The maximum atomic E-state index is 11.8. The van der Waals surface area contributed by atoms with Crippen molar-refractivity contribution in [2.45, 2.75) is 12.5 Å². The lowest BCUT2D eigenvalue weighted by molar-refractivity contribution is -0.122. The summed E-state index contributed by atoms with van der Waals surface area (Å²) < 4.78 is 6.85. The summed E-state index contributed by atoms with van der Waals surface area (Å²) in [6.07, 6.45) is 3.95. The molecule has 5 heteroatoms. The fourth-order valence-electron chi connectivity index (χ4n) is 1.80. The van der Waals surface area contributed by atoms with Gasteiger partial charge in [-0.05, 0) is 5.56 Å². The number of Topliss-reactive ketones (excluding diaryl/α,β-unsaturated/α-hetero) is 1. The summed E-state index contributed by atoms with van der Waals surface area (Å²) in [5.74, 6) is -0.00166. The van der Waals surface area contributed by atoms with Crippen LogP contribution in [0.2, 0.25) is 0 Å². The van der Waals surface area contributed by atoms with E-state index < -0.39 is 0 Å². The molecule has 1 aromatic heterocycles. The minimum Gasteiger partial charge on any atom is -0.379 e. The van der Waals surface area contributed by atoms with Crippen LogP contribution in [-0.2, 0) is 23.0 Å². The first kappa shape index (κ1) is 10.3. The standard InChI is InChI=1S/C10H15N3O2/c1-13-4-7(3-12-13)2-10(14)8-5-15-6-9(8)11/h3-4,8-9H,2,5-6,11H2,1H3. The van der Waals surface area contributed by atoms with Crippen LogP contribution in [0.3, 0.4) is 0 Å². The van der Waals surface area contributed by atoms with E-state index in [4.69, 9.17) is 10.5 Å². The maximum Gasteiger partial charge on any atom is 0.144 e. The number of aryl methyl sites for hydroxylation is 1. The van der Waals surface area contributed by atoms with E-state index in [1.165, 1.54) is 0 Å². The summed E-state index contributed by atoms with van der Waals surface area (Å²) in [7, 11) is 1.83. The zero-order valence-corrected chi connectivity index (χ0v) is 8.72. The van der Waals surface area contributed by atoms with E-state index in [2.05, 4.69) is 5.10 Å². The van der Waals surface area contributed by atoms with Crippen molar-refractivity contribution in [3.63, 3.8) is 0 Å². The fourth-order valence-corrected chi connectivity index (χ4v) is 1.80.